The van der Waals surface area contributed by atoms with E-state index in [9.17, 15) is 13.6 Å². The first-order valence-electron chi connectivity index (χ1n) is 6.06. The molecule has 98 valence electrons. The maximum Gasteiger partial charge on any atom is 0.233 e. The zero-order valence-electron chi connectivity index (χ0n) is 10.0. The molecule has 0 heterocycles. The van der Waals surface area contributed by atoms with Gasteiger partial charge in [0, 0.05) is 24.7 Å². The third kappa shape index (κ3) is 4.07. The van der Waals surface area contributed by atoms with Gasteiger partial charge in [-0.1, -0.05) is 6.07 Å². The standard InChI is InChI=1S/C13H16F2N2O/c14-11-4-3-10(12(15)5-11)7-16-8-13(18)17-6-9-1-2-9/h3-5,9,16H,1-2,6-8H2,(H,17,18). The molecule has 1 saturated carbocycles. The van der Waals surface area contributed by atoms with Crippen LogP contribution in [0.1, 0.15) is 18.4 Å². The highest BCUT2D eigenvalue weighted by molar-refractivity contribution is 5.77. The van der Waals surface area contributed by atoms with Crippen molar-refractivity contribution in [3.8, 4) is 0 Å². The quantitative estimate of drug-likeness (QED) is 0.809. The number of rotatable bonds is 6. The minimum atomic E-state index is -0.599. The normalized spacial score (nSPS) is 14.6. The average molecular weight is 254 g/mol. The lowest BCUT2D eigenvalue weighted by atomic mass is 10.2. The van der Waals surface area contributed by atoms with Crippen LogP contribution < -0.4 is 10.6 Å². The van der Waals surface area contributed by atoms with Crippen molar-refractivity contribution in [2.75, 3.05) is 13.1 Å². The van der Waals surface area contributed by atoms with E-state index >= 15 is 0 Å². The Kier molecular flexibility index (Phi) is 4.25. The highest BCUT2D eigenvalue weighted by Gasteiger charge is 2.21. The van der Waals surface area contributed by atoms with Crippen molar-refractivity contribution in [1.82, 2.24) is 10.6 Å². The Balaban J connectivity index is 1.68. The van der Waals surface area contributed by atoms with Gasteiger partial charge in [-0.15, -0.1) is 0 Å². The molecule has 0 unspecified atom stereocenters. The van der Waals surface area contributed by atoms with Crippen LogP contribution in [-0.4, -0.2) is 19.0 Å². The molecule has 5 heteroatoms. The summed E-state index contributed by atoms with van der Waals surface area (Å²) < 4.78 is 25.9. The minimum Gasteiger partial charge on any atom is -0.355 e. The Bertz CT molecular complexity index is 433. The fourth-order valence-electron chi connectivity index (χ4n) is 1.62. The summed E-state index contributed by atoms with van der Waals surface area (Å²) in [6.07, 6.45) is 2.38. The Labute approximate surface area is 105 Å². The Morgan fingerprint density at radius 3 is 2.78 bits per heavy atom. The van der Waals surface area contributed by atoms with E-state index in [-0.39, 0.29) is 19.0 Å². The second-order valence-electron chi connectivity index (χ2n) is 4.59. The van der Waals surface area contributed by atoms with Gasteiger partial charge in [-0.05, 0) is 24.8 Å². The molecule has 2 rings (SSSR count). The van der Waals surface area contributed by atoms with Crippen molar-refractivity contribution in [1.29, 1.82) is 0 Å². The lowest BCUT2D eigenvalue weighted by molar-refractivity contribution is -0.120. The topological polar surface area (TPSA) is 41.1 Å². The van der Waals surface area contributed by atoms with Crippen LogP contribution in [-0.2, 0) is 11.3 Å². The largest absolute Gasteiger partial charge is 0.355 e. The van der Waals surface area contributed by atoms with Crippen LogP contribution in [0, 0.1) is 17.6 Å². The van der Waals surface area contributed by atoms with E-state index in [1.165, 1.54) is 25.0 Å². The van der Waals surface area contributed by atoms with E-state index < -0.39 is 11.6 Å². The Morgan fingerprint density at radius 1 is 1.33 bits per heavy atom. The molecule has 1 aliphatic rings. The molecule has 0 spiro atoms. The van der Waals surface area contributed by atoms with Gasteiger partial charge < -0.3 is 10.6 Å². The molecule has 1 fully saturated rings. The van der Waals surface area contributed by atoms with Crippen LogP contribution in [0.2, 0.25) is 0 Å². The zero-order valence-corrected chi connectivity index (χ0v) is 10.0. The number of nitrogens with one attached hydrogen (secondary N) is 2. The molecule has 0 aromatic heterocycles. The van der Waals surface area contributed by atoms with Crippen molar-refractivity contribution in [2.24, 2.45) is 5.92 Å². The first-order chi connectivity index (χ1) is 8.65. The van der Waals surface area contributed by atoms with E-state index in [2.05, 4.69) is 10.6 Å². The van der Waals surface area contributed by atoms with Crippen molar-refractivity contribution < 1.29 is 13.6 Å². The SMILES string of the molecule is O=C(CNCc1ccc(F)cc1F)NCC1CC1. The molecular weight excluding hydrogens is 238 g/mol. The predicted molar refractivity (Wildman–Crippen MR) is 63.8 cm³/mol. The van der Waals surface area contributed by atoms with Gasteiger partial charge in [-0.3, -0.25) is 4.79 Å². The summed E-state index contributed by atoms with van der Waals surface area (Å²) >= 11 is 0. The summed E-state index contributed by atoms with van der Waals surface area (Å²) in [6, 6.07) is 3.41. The van der Waals surface area contributed by atoms with Gasteiger partial charge in [0.15, 0.2) is 0 Å². The average Bonchev–Trinajstić information content (AvgIpc) is 3.13. The van der Waals surface area contributed by atoms with Gasteiger partial charge in [0.05, 0.1) is 6.54 Å². The van der Waals surface area contributed by atoms with Gasteiger partial charge in [0.25, 0.3) is 0 Å². The summed E-state index contributed by atoms with van der Waals surface area (Å²) in [7, 11) is 0. The number of halogens is 2. The minimum absolute atomic E-state index is 0.0931. The highest BCUT2D eigenvalue weighted by Crippen LogP contribution is 2.27. The molecule has 0 saturated heterocycles. The lowest BCUT2D eigenvalue weighted by Crippen LogP contribution is -2.34. The van der Waals surface area contributed by atoms with Crippen LogP contribution in [0.5, 0.6) is 0 Å². The Morgan fingerprint density at radius 2 is 2.11 bits per heavy atom. The van der Waals surface area contributed by atoms with E-state index in [1.54, 1.807) is 0 Å². The van der Waals surface area contributed by atoms with Gasteiger partial charge in [-0.25, -0.2) is 8.78 Å². The fourth-order valence-corrected chi connectivity index (χ4v) is 1.62. The first kappa shape index (κ1) is 13.0. The molecule has 18 heavy (non-hydrogen) atoms. The summed E-state index contributed by atoms with van der Waals surface area (Å²) in [5.74, 6) is -0.646. The summed E-state index contributed by atoms with van der Waals surface area (Å²) in [4.78, 5) is 11.4. The molecule has 3 nitrogen and oxygen atoms in total. The molecule has 0 aliphatic heterocycles. The van der Waals surface area contributed by atoms with E-state index in [0.717, 1.165) is 12.6 Å². The molecule has 0 radical (unpaired) electrons. The van der Waals surface area contributed by atoms with Crippen molar-refractivity contribution in [3.05, 3.63) is 35.4 Å². The van der Waals surface area contributed by atoms with Crippen LogP contribution in [0.25, 0.3) is 0 Å². The monoisotopic (exact) mass is 254 g/mol. The van der Waals surface area contributed by atoms with E-state index in [4.69, 9.17) is 0 Å². The molecule has 0 atom stereocenters. The lowest BCUT2D eigenvalue weighted by Gasteiger charge is -2.07. The van der Waals surface area contributed by atoms with Crippen LogP contribution in [0.15, 0.2) is 18.2 Å². The van der Waals surface area contributed by atoms with Gasteiger partial charge in [0.1, 0.15) is 11.6 Å². The number of carbonyl (C=O) groups excluding carboxylic acids is 1. The molecule has 1 aliphatic carbocycles. The molecule has 1 amide bonds. The number of carbonyl (C=O) groups is 1. The maximum atomic E-state index is 13.3. The number of benzene rings is 1. The summed E-state index contributed by atoms with van der Waals surface area (Å²) in [5, 5.41) is 5.63. The van der Waals surface area contributed by atoms with Gasteiger partial charge in [-0.2, -0.15) is 0 Å². The zero-order chi connectivity index (χ0) is 13.0. The van der Waals surface area contributed by atoms with E-state index in [1.807, 2.05) is 0 Å². The van der Waals surface area contributed by atoms with Gasteiger partial charge >= 0.3 is 0 Å². The molecule has 1 aromatic rings. The highest BCUT2D eigenvalue weighted by atomic mass is 19.1. The second-order valence-corrected chi connectivity index (χ2v) is 4.59. The van der Waals surface area contributed by atoms with E-state index in [0.29, 0.717) is 11.5 Å². The first-order valence-corrected chi connectivity index (χ1v) is 6.06. The van der Waals surface area contributed by atoms with Crippen LogP contribution >= 0.6 is 0 Å². The van der Waals surface area contributed by atoms with Crippen molar-refractivity contribution in [3.63, 3.8) is 0 Å². The number of amides is 1. The summed E-state index contributed by atoms with van der Waals surface area (Å²) in [5.41, 5.74) is 0.353. The van der Waals surface area contributed by atoms with Crippen LogP contribution in [0.4, 0.5) is 8.78 Å². The number of hydrogen-bond donors (Lipinski definition) is 2. The van der Waals surface area contributed by atoms with Crippen molar-refractivity contribution in [2.45, 2.75) is 19.4 Å². The molecule has 2 N–H and O–H groups in total. The second kappa shape index (κ2) is 5.91. The third-order valence-electron chi connectivity index (χ3n) is 2.90. The Hall–Kier alpha value is -1.49. The number of hydrogen-bond acceptors (Lipinski definition) is 2. The smallest absolute Gasteiger partial charge is 0.233 e. The van der Waals surface area contributed by atoms with Crippen molar-refractivity contribution >= 4 is 5.91 Å². The summed E-state index contributed by atoms with van der Waals surface area (Å²) in [6.45, 7) is 1.08. The van der Waals surface area contributed by atoms with Gasteiger partial charge in [0.2, 0.25) is 5.91 Å². The predicted octanol–water partition coefficient (Wildman–Crippen LogP) is 1.58. The fraction of sp³-hybridized carbons (Fsp3) is 0.462. The third-order valence-corrected chi connectivity index (χ3v) is 2.90. The molecular formula is C13H16F2N2O. The molecule has 1 aromatic carbocycles. The molecule has 0 bridgehead atoms. The maximum absolute atomic E-state index is 13.3. The van der Waals surface area contributed by atoms with Crippen LogP contribution in [0.3, 0.4) is 0 Å².